The molecule has 0 saturated heterocycles. The second kappa shape index (κ2) is 4.86. The highest BCUT2D eigenvalue weighted by molar-refractivity contribution is 6.19. The van der Waals surface area contributed by atoms with Gasteiger partial charge in [-0.25, -0.2) is 0 Å². The van der Waals surface area contributed by atoms with E-state index in [2.05, 4.69) is 9.98 Å². The molecule has 5 heteroatoms. The fourth-order valence-electron chi connectivity index (χ4n) is 2.29. The van der Waals surface area contributed by atoms with Crippen molar-refractivity contribution in [3.8, 4) is 0 Å². The van der Waals surface area contributed by atoms with Crippen LogP contribution in [0.15, 0.2) is 53.8 Å². The standard InChI is InChI=1S/C15H14N4O/c1-19-12-5-3-2-4-11(12)13(18-14(16)15(19)20)10-6-8-17-9-7-10/h2-9,14H,16H2,1H3/t14-/m1/s1. The summed E-state index contributed by atoms with van der Waals surface area (Å²) in [5.74, 6) is -0.221. The molecule has 1 atom stereocenters. The summed E-state index contributed by atoms with van der Waals surface area (Å²) >= 11 is 0. The summed E-state index contributed by atoms with van der Waals surface area (Å²) < 4.78 is 0. The molecule has 0 bridgehead atoms. The van der Waals surface area contributed by atoms with Crippen molar-refractivity contribution in [2.24, 2.45) is 10.7 Å². The third-order valence-corrected chi connectivity index (χ3v) is 3.33. The molecule has 100 valence electrons. The van der Waals surface area contributed by atoms with Crippen LogP contribution in [0.3, 0.4) is 0 Å². The molecule has 0 aliphatic carbocycles. The molecule has 0 fully saturated rings. The number of para-hydroxylation sites is 1. The molecule has 1 aromatic heterocycles. The Morgan fingerprint density at radius 3 is 2.60 bits per heavy atom. The monoisotopic (exact) mass is 266 g/mol. The molecule has 1 aliphatic heterocycles. The van der Waals surface area contributed by atoms with Gasteiger partial charge in [-0.05, 0) is 18.2 Å². The van der Waals surface area contributed by atoms with Crippen molar-refractivity contribution in [1.82, 2.24) is 4.98 Å². The van der Waals surface area contributed by atoms with Crippen molar-refractivity contribution < 1.29 is 4.79 Å². The molecule has 0 saturated carbocycles. The summed E-state index contributed by atoms with van der Waals surface area (Å²) in [6, 6.07) is 11.4. The van der Waals surface area contributed by atoms with Crippen LogP contribution < -0.4 is 10.6 Å². The lowest BCUT2D eigenvalue weighted by atomic mass is 10.0. The summed E-state index contributed by atoms with van der Waals surface area (Å²) in [7, 11) is 1.71. The van der Waals surface area contributed by atoms with E-state index in [4.69, 9.17) is 5.73 Å². The van der Waals surface area contributed by atoms with Crippen LogP contribution in [0, 0.1) is 0 Å². The summed E-state index contributed by atoms with van der Waals surface area (Å²) in [6.45, 7) is 0. The molecule has 0 spiro atoms. The minimum Gasteiger partial charge on any atom is -0.312 e. The van der Waals surface area contributed by atoms with Crippen molar-refractivity contribution in [3.05, 3.63) is 59.9 Å². The Balaban J connectivity index is 2.24. The van der Waals surface area contributed by atoms with E-state index in [-0.39, 0.29) is 5.91 Å². The fourth-order valence-corrected chi connectivity index (χ4v) is 2.29. The number of nitrogens with zero attached hydrogens (tertiary/aromatic N) is 3. The predicted molar refractivity (Wildman–Crippen MR) is 77.7 cm³/mol. The zero-order valence-electron chi connectivity index (χ0n) is 11.0. The van der Waals surface area contributed by atoms with Crippen LogP contribution in [0.1, 0.15) is 11.1 Å². The second-order valence-corrected chi connectivity index (χ2v) is 4.57. The van der Waals surface area contributed by atoms with Crippen molar-refractivity contribution in [1.29, 1.82) is 0 Å². The molecule has 1 aliphatic rings. The number of aliphatic imine (C=N–C) groups is 1. The first-order valence-electron chi connectivity index (χ1n) is 6.29. The van der Waals surface area contributed by atoms with Gasteiger partial charge in [-0.3, -0.25) is 14.8 Å². The minimum atomic E-state index is -0.893. The number of fused-ring (bicyclic) bond motifs is 1. The number of hydrogen-bond acceptors (Lipinski definition) is 4. The van der Waals surface area contributed by atoms with Gasteiger partial charge in [-0.2, -0.15) is 0 Å². The van der Waals surface area contributed by atoms with Crippen LogP contribution in [-0.2, 0) is 4.79 Å². The number of amides is 1. The maximum atomic E-state index is 12.2. The molecule has 0 unspecified atom stereocenters. The first-order chi connectivity index (χ1) is 9.68. The van der Waals surface area contributed by atoms with Gasteiger partial charge in [0.2, 0.25) is 0 Å². The number of benzodiazepines with no additional fused rings is 1. The Hall–Kier alpha value is -2.53. The van der Waals surface area contributed by atoms with Crippen molar-refractivity contribution in [2.45, 2.75) is 6.17 Å². The topological polar surface area (TPSA) is 71.6 Å². The second-order valence-electron chi connectivity index (χ2n) is 4.57. The number of benzene rings is 1. The van der Waals surface area contributed by atoms with Crippen LogP contribution in [-0.4, -0.2) is 29.8 Å². The van der Waals surface area contributed by atoms with E-state index in [0.29, 0.717) is 5.71 Å². The lowest BCUT2D eigenvalue weighted by Crippen LogP contribution is -2.39. The average Bonchev–Trinajstić information content (AvgIpc) is 2.60. The Bertz CT molecular complexity index is 681. The van der Waals surface area contributed by atoms with E-state index < -0.39 is 6.17 Å². The molecule has 2 aromatic rings. The average molecular weight is 266 g/mol. The number of pyridine rings is 1. The highest BCUT2D eigenvalue weighted by Gasteiger charge is 2.27. The quantitative estimate of drug-likeness (QED) is 0.842. The van der Waals surface area contributed by atoms with E-state index >= 15 is 0 Å². The van der Waals surface area contributed by atoms with Gasteiger partial charge in [0.05, 0.1) is 11.4 Å². The number of anilines is 1. The minimum absolute atomic E-state index is 0.221. The smallest absolute Gasteiger partial charge is 0.266 e. The van der Waals surface area contributed by atoms with Gasteiger partial charge in [0.1, 0.15) is 0 Å². The highest BCUT2D eigenvalue weighted by atomic mass is 16.2. The molecule has 5 nitrogen and oxygen atoms in total. The number of likely N-dealkylation sites (N-methyl/N-ethyl adjacent to an activating group) is 1. The van der Waals surface area contributed by atoms with Crippen LogP contribution in [0.25, 0.3) is 0 Å². The number of rotatable bonds is 1. The summed E-state index contributed by atoms with van der Waals surface area (Å²) in [6.07, 6.45) is 2.50. The van der Waals surface area contributed by atoms with Gasteiger partial charge in [0.25, 0.3) is 5.91 Å². The number of carbonyl (C=O) groups excluding carboxylic acids is 1. The highest BCUT2D eigenvalue weighted by Crippen LogP contribution is 2.26. The Morgan fingerprint density at radius 2 is 1.85 bits per heavy atom. The first kappa shape index (κ1) is 12.5. The molecule has 0 radical (unpaired) electrons. The van der Waals surface area contributed by atoms with Gasteiger partial charge in [-0.15, -0.1) is 0 Å². The zero-order chi connectivity index (χ0) is 14.1. The number of nitrogens with two attached hydrogens (primary N) is 1. The largest absolute Gasteiger partial charge is 0.312 e. The molecule has 3 rings (SSSR count). The molecule has 20 heavy (non-hydrogen) atoms. The zero-order valence-corrected chi connectivity index (χ0v) is 11.0. The van der Waals surface area contributed by atoms with Crippen molar-refractivity contribution in [3.63, 3.8) is 0 Å². The van der Waals surface area contributed by atoms with E-state index in [0.717, 1.165) is 16.8 Å². The fraction of sp³-hybridized carbons (Fsp3) is 0.133. The lowest BCUT2D eigenvalue weighted by Gasteiger charge is -2.18. The molecular weight excluding hydrogens is 252 g/mol. The number of aromatic nitrogens is 1. The number of hydrogen-bond donors (Lipinski definition) is 1. The van der Waals surface area contributed by atoms with Gasteiger partial charge in [0, 0.05) is 30.6 Å². The number of carbonyl (C=O) groups is 1. The Kier molecular flexibility index (Phi) is 3.04. The predicted octanol–water partition coefficient (Wildman–Crippen LogP) is 1.18. The van der Waals surface area contributed by atoms with Crippen molar-refractivity contribution >= 4 is 17.3 Å². The van der Waals surface area contributed by atoms with Gasteiger partial charge >= 0.3 is 0 Å². The Morgan fingerprint density at radius 1 is 1.15 bits per heavy atom. The van der Waals surface area contributed by atoms with Crippen LogP contribution in [0.2, 0.25) is 0 Å². The third-order valence-electron chi connectivity index (χ3n) is 3.33. The van der Waals surface area contributed by atoms with E-state index in [1.54, 1.807) is 24.3 Å². The van der Waals surface area contributed by atoms with E-state index in [1.165, 1.54) is 0 Å². The van der Waals surface area contributed by atoms with Gasteiger partial charge in [-0.1, -0.05) is 18.2 Å². The summed E-state index contributed by atoms with van der Waals surface area (Å²) in [5, 5.41) is 0. The molecule has 1 amide bonds. The normalized spacial score (nSPS) is 18.3. The lowest BCUT2D eigenvalue weighted by molar-refractivity contribution is -0.119. The van der Waals surface area contributed by atoms with Crippen LogP contribution in [0.5, 0.6) is 0 Å². The van der Waals surface area contributed by atoms with Crippen LogP contribution in [0.4, 0.5) is 5.69 Å². The maximum Gasteiger partial charge on any atom is 0.266 e. The van der Waals surface area contributed by atoms with E-state index in [9.17, 15) is 4.79 Å². The van der Waals surface area contributed by atoms with Crippen LogP contribution >= 0.6 is 0 Å². The first-order valence-corrected chi connectivity index (χ1v) is 6.29. The molecule has 2 N–H and O–H groups in total. The molecule has 2 heterocycles. The SMILES string of the molecule is CN1C(=O)[C@H](N)N=C(c2ccncc2)c2ccccc21. The van der Waals surface area contributed by atoms with Gasteiger partial charge < -0.3 is 10.6 Å². The summed E-state index contributed by atoms with van der Waals surface area (Å²) in [4.78, 5) is 22.1. The van der Waals surface area contributed by atoms with Crippen molar-refractivity contribution in [2.75, 3.05) is 11.9 Å². The Labute approximate surface area is 116 Å². The van der Waals surface area contributed by atoms with Gasteiger partial charge in [0.15, 0.2) is 6.17 Å². The summed E-state index contributed by atoms with van der Waals surface area (Å²) in [5.41, 5.74) is 9.19. The third kappa shape index (κ3) is 1.98. The van der Waals surface area contributed by atoms with E-state index in [1.807, 2.05) is 36.4 Å². The maximum absolute atomic E-state index is 12.2. The molecule has 1 aromatic carbocycles. The molecular formula is C15H14N4O.